The van der Waals surface area contributed by atoms with Crippen LogP contribution in [0.25, 0.3) is 0 Å². The molecular weight excluding hydrogens is 440 g/mol. The Balaban J connectivity index is 1.29. The van der Waals surface area contributed by atoms with Gasteiger partial charge < -0.3 is 25.5 Å². The van der Waals surface area contributed by atoms with Gasteiger partial charge in [-0.2, -0.15) is 0 Å². The van der Waals surface area contributed by atoms with Gasteiger partial charge >= 0.3 is 6.29 Å². The predicted molar refractivity (Wildman–Crippen MR) is 127 cm³/mol. The summed E-state index contributed by atoms with van der Waals surface area (Å²) in [7, 11) is 0. The molecule has 1 unspecified atom stereocenters. The summed E-state index contributed by atoms with van der Waals surface area (Å²) in [5.41, 5.74) is 2.17. The zero-order valence-corrected chi connectivity index (χ0v) is 19.6. The van der Waals surface area contributed by atoms with Gasteiger partial charge in [-0.25, -0.2) is 4.99 Å². The second-order valence-electron chi connectivity index (χ2n) is 9.77. The number of hydrogen-bond acceptors (Lipinski definition) is 7. The second-order valence-corrected chi connectivity index (χ2v) is 9.77. The highest BCUT2D eigenvalue weighted by molar-refractivity contribution is 5.99. The van der Waals surface area contributed by atoms with E-state index in [2.05, 4.69) is 20.3 Å². The van der Waals surface area contributed by atoms with Crippen LogP contribution in [0.2, 0.25) is 0 Å². The van der Waals surface area contributed by atoms with Gasteiger partial charge in [0.1, 0.15) is 11.7 Å². The third kappa shape index (κ3) is 5.04. The Morgan fingerprint density at radius 3 is 2.82 bits per heavy atom. The largest absolute Gasteiger partial charge is 0.586 e. The fourth-order valence-corrected chi connectivity index (χ4v) is 5.41. The standard InChI is InChI=1S/C25H33F2N5O2/c1-16(28)20-13-29-23(31-24(20)30-19-9-3-2-4-10-19)18-8-6-12-32(15-18)14-17-7-5-11-21-22(17)34-25(26,27)33-21/h5,7,11,18-19,28,30H,2-4,6,8-10,12-15H2,1H3,(H,29,31). The lowest BCUT2D eigenvalue weighted by Crippen LogP contribution is -2.46. The van der Waals surface area contributed by atoms with E-state index in [0.717, 1.165) is 56.0 Å². The highest BCUT2D eigenvalue weighted by Gasteiger charge is 2.44. The summed E-state index contributed by atoms with van der Waals surface area (Å²) in [6.45, 7) is 4.60. The van der Waals surface area contributed by atoms with E-state index >= 15 is 0 Å². The number of nitrogens with zero attached hydrogens (tertiary/aromatic N) is 2. The van der Waals surface area contributed by atoms with Crippen LogP contribution < -0.4 is 20.1 Å². The molecule has 1 aromatic carbocycles. The van der Waals surface area contributed by atoms with Crippen molar-refractivity contribution in [2.75, 3.05) is 19.6 Å². The van der Waals surface area contributed by atoms with Gasteiger partial charge in [-0.3, -0.25) is 4.90 Å². The molecule has 4 aliphatic rings. The molecule has 1 aliphatic carbocycles. The van der Waals surface area contributed by atoms with Gasteiger partial charge in [-0.1, -0.05) is 31.4 Å². The summed E-state index contributed by atoms with van der Waals surface area (Å²) in [6.07, 6.45) is 4.47. The maximum atomic E-state index is 13.6. The van der Waals surface area contributed by atoms with E-state index in [0.29, 0.717) is 30.4 Å². The number of amidine groups is 1. The minimum Gasteiger partial charge on any atom is -0.395 e. The molecule has 2 fully saturated rings. The fourth-order valence-electron chi connectivity index (χ4n) is 5.41. The highest BCUT2D eigenvalue weighted by atomic mass is 19.3. The first-order valence-electron chi connectivity index (χ1n) is 12.4. The molecule has 1 atom stereocenters. The van der Waals surface area contributed by atoms with Crippen LogP contribution in [-0.2, 0) is 6.54 Å². The van der Waals surface area contributed by atoms with Crippen molar-refractivity contribution >= 4 is 11.5 Å². The van der Waals surface area contributed by atoms with Crippen molar-refractivity contribution in [3.8, 4) is 11.5 Å². The molecule has 0 spiro atoms. The van der Waals surface area contributed by atoms with Crippen LogP contribution in [0.15, 0.2) is 34.6 Å². The van der Waals surface area contributed by atoms with Gasteiger partial charge in [0.05, 0.1) is 0 Å². The van der Waals surface area contributed by atoms with Crippen molar-refractivity contribution < 1.29 is 18.3 Å². The van der Waals surface area contributed by atoms with E-state index in [1.54, 1.807) is 6.07 Å². The summed E-state index contributed by atoms with van der Waals surface area (Å²) in [6, 6.07) is 5.47. The Bertz CT molecular complexity index is 1000. The maximum absolute atomic E-state index is 13.6. The Kier molecular flexibility index (Phi) is 6.46. The van der Waals surface area contributed by atoms with Crippen LogP contribution in [0.3, 0.4) is 0 Å². The molecule has 3 aliphatic heterocycles. The predicted octanol–water partition coefficient (Wildman–Crippen LogP) is 4.40. The average Bonchev–Trinajstić information content (AvgIpc) is 3.15. The zero-order chi connectivity index (χ0) is 23.7. The molecule has 1 aromatic rings. The summed E-state index contributed by atoms with van der Waals surface area (Å²) in [4.78, 5) is 7.25. The number of halogens is 2. The van der Waals surface area contributed by atoms with E-state index < -0.39 is 6.29 Å². The summed E-state index contributed by atoms with van der Waals surface area (Å²) < 4.78 is 36.6. The molecule has 3 heterocycles. The molecule has 0 bridgehead atoms. The molecule has 0 radical (unpaired) electrons. The minimum absolute atomic E-state index is 0.0903. The number of alkyl halides is 2. The van der Waals surface area contributed by atoms with Crippen LogP contribution in [0, 0.1) is 11.3 Å². The molecule has 5 rings (SSSR count). The SMILES string of the molecule is CC(=N)C1=C(NC2CCCCC2)N=C(C2CCCN(Cc3cccc4c3OC(F)(F)O4)C2)NC1. The van der Waals surface area contributed by atoms with Gasteiger partial charge in [-0.05, 0) is 45.2 Å². The van der Waals surface area contributed by atoms with E-state index in [-0.39, 0.29) is 17.4 Å². The van der Waals surface area contributed by atoms with Crippen molar-refractivity contribution in [2.24, 2.45) is 10.9 Å². The van der Waals surface area contributed by atoms with Crippen LogP contribution >= 0.6 is 0 Å². The van der Waals surface area contributed by atoms with E-state index in [4.69, 9.17) is 15.1 Å². The van der Waals surface area contributed by atoms with Crippen LogP contribution in [0.4, 0.5) is 8.78 Å². The molecule has 34 heavy (non-hydrogen) atoms. The zero-order valence-electron chi connectivity index (χ0n) is 19.6. The molecular formula is C25H33F2N5O2. The average molecular weight is 474 g/mol. The Hall–Kier alpha value is -2.68. The van der Waals surface area contributed by atoms with Crippen molar-refractivity contribution in [3.63, 3.8) is 0 Å². The summed E-state index contributed by atoms with van der Waals surface area (Å²) in [5, 5.41) is 15.3. The third-order valence-electron chi connectivity index (χ3n) is 7.16. The first kappa shape index (κ1) is 23.1. The minimum atomic E-state index is -3.61. The molecule has 0 amide bonds. The monoisotopic (exact) mass is 473 g/mol. The molecule has 3 N–H and O–H groups in total. The van der Waals surface area contributed by atoms with Crippen LogP contribution in [-0.4, -0.2) is 48.4 Å². The highest BCUT2D eigenvalue weighted by Crippen LogP contribution is 2.43. The normalized spacial score (nSPS) is 25.0. The number of para-hydroxylation sites is 1. The van der Waals surface area contributed by atoms with E-state index in [1.165, 1.54) is 25.3 Å². The number of likely N-dealkylation sites (tertiary alicyclic amines) is 1. The Morgan fingerprint density at radius 1 is 1.21 bits per heavy atom. The van der Waals surface area contributed by atoms with E-state index in [1.807, 2.05) is 13.0 Å². The number of ether oxygens (including phenoxy) is 2. The molecule has 7 nitrogen and oxygen atoms in total. The van der Waals surface area contributed by atoms with Crippen molar-refractivity contribution in [2.45, 2.75) is 70.8 Å². The maximum Gasteiger partial charge on any atom is 0.586 e. The Morgan fingerprint density at radius 2 is 2.03 bits per heavy atom. The molecule has 1 saturated heterocycles. The van der Waals surface area contributed by atoms with Gasteiger partial charge in [0, 0.05) is 48.4 Å². The first-order chi connectivity index (χ1) is 16.4. The smallest absolute Gasteiger partial charge is 0.395 e. The molecule has 0 aromatic heterocycles. The van der Waals surface area contributed by atoms with Gasteiger partial charge in [0.2, 0.25) is 0 Å². The number of piperidine rings is 1. The number of benzene rings is 1. The summed E-state index contributed by atoms with van der Waals surface area (Å²) in [5.74, 6) is 2.25. The molecule has 1 saturated carbocycles. The number of nitrogens with one attached hydrogen (secondary N) is 3. The number of fused-ring (bicyclic) bond motifs is 1. The fraction of sp³-hybridized carbons (Fsp3) is 0.600. The Labute approximate surface area is 199 Å². The van der Waals surface area contributed by atoms with Gasteiger partial charge in [-0.15, -0.1) is 8.78 Å². The lowest BCUT2D eigenvalue weighted by atomic mass is 9.94. The molecule has 9 heteroatoms. The van der Waals surface area contributed by atoms with E-state index in [9.17, 15) is 8.78 Å². The first-order valence-corrected chi connectivity index (χ1v) is 12.4. The van der Waals surface area contributed by atoms with Crippen molar-refractivity contribution in [1.82, 2.24) is 15.5 Å². The van der Waals surface area contributed by atoms with Gasteiger partial charge in [0.15, 0.2) is 11.5 Å². The number of aliphatic imine (C=N–C) groups is 1. The van der Waals surface area contributed by atoms with Crippen LogP contribution in [0.1, 0.15) is 57.4 Å². The third-order valence-corrected chi connectivity index (χ3v) is 7.16. The lowest BCUT2D eigenvalue weighted by Gasteiger charge is -2.35. The number of hydrogen-bond donors (Lipinski definition) is 3. The number of rotatable bonds is 6. The second kappa shape index (κ2) is 9.52. The quantitative estimate of drug-likeness (QED) is 0.534. The lowest BCUT2D eigenvalue weighted by molar-refractivity contribution is -0.287. The topological polar surface area (TPSA) is 82.0 Å². The molecule has 184 valence electrons. The van der Waals surface area contributed by atoms with Crippen molar-refractivity contribution in [1.29, 1.82) is 5.41 Å². The van der Waals surface area contributed by atoms with Crippen molar-refractivity contribution in [3.05, 3.63) is 35.2 Å². The summed E-state index contributed by atoms with van der Waals surface area (Å²) >= 11 is 0. The van der Waals surface area contributed by atoms with Gasteiger partial charge in [0.25, 0.3) is 0 Å². The van der Waals surface area contributed by atoms with Crippen LogP contribution in [0.5, 0.6) is 11.5 Å².